The van der Waals surface area contributed by atoms with Crippen molar-refractivity contribution in [1.29, 1.82) is 0 Å². The third-order valence-corrected chi connectivity index (χ3v) is 4.63. The van der Waals surface area contributed by atoms with Gasteiger partial charge in [-0.3, -0.25) is 14.4 Å². The Hall–Kier alpha value is -1.59. The molecule has 1 atom stereocenters. The molecule has 1 fully saturated rings. The Kier molecular flexibility index (Phi) is 6.84. The van der Waals surface area contributed by atoms with Crippen LogP contribution in [0.1, 0.15) is 40.0 Å². The third kappa shape index (κ3) is 5.31. The first-order chi connectivity index (χ1) is 10.2. The average Bonchev–Trinajstić information content (AvgIpc) is 2.46. The van der Waals surface area contributed by atoms with Crippen LogP contribution in [0.3, 0.4) is 0 Å². The number of aliphatic carboxylic acids is 1. The number of likely N-dealkylation sites (N-methyl/N-ethyl adjacent to an activating group) is 1. The normalized spacial score (nSPS) is 17.4. The van der Waals surface area contributed by atoms with E-state index in [1.807, 2.05) is 6.92 Å². The van der Waals surface area contributed by atoms with E-state index in [1.165, 1.54) is 4.90 Å². The summed E-state index contributed by atoms with van der Waals surface area (Å²) < 4.78 is 0. The van der Waals surface area contributed by atoms with Gasteiger partial charge in [-0.05, 0) is 24.7 Å². The molecule has 0 spiro atoms. The van der Waals surface area contributed by atoms with Crippen molar-refractivity contribution in [1.82, 2.24) is 9.80 Å². The molecule has 0 saturated carbocycles. The van der Waals surface area contributed by atoms with Crippen molar-refractivity contribution in [3.8, 4) is 0 Å². The van der Waals surface area contributed by atoms with E-state index in [0.717, 1.165) is 0 Å². The number of likely N-dealkylation sites (tertiary alicyclic amines) is 1. The lowest BCUT2D eigenvalue weighted by molar-refractivity contribution is -0.146. The molecule has 0 aromatic rings. The largest absolute Gasteiger partial charge is 0.481 e. The zero-order valence-electron chi connectivity index (χ0n) is 14.0. The number of nitrogens with zero attached hydrogens (tertiary/aromatic N) is 2. The Morgan fingerprint density at radius 2 is 1.73 bits per heavy atom. The molecule has 126 valence electrons. The highest BCUT2D eigenvalue weighted by Crippen LogP contribution is 2.18. The van der Waals surface area contributed by atoms with Gasteiger partial charge in [0.2, 0.25) is 11.8 Å². The van der Waals surface area contributed by atoms with E-state index in [4.69, 9.17) is 5.11 Å². The molecule has 6 heteroatoms. The lowest BCUT2D eigenvalue weighted by Gasteiger charge is -2.31. The predicted molar refractivity (Wildman–Crippen MR) is 83.2 cm³/mol. The summed E-state index contributed by atoms with van der Waals surface area (Å²) in [7, 11) is 1.65. The summed E-state index contributed by atoms with van der Waals surface area (Å²) in [4.78, 5) is 38.3. The van der Waals surface area contributed by atoms with Crippen molar-refractivity contribution in [3.05, 3.63) is 0 Å². The van der Waals surface area contributed by atoms with Crippen molar-refractivity contribution < 1.29 is 19.5 Å². The average molecular weight is 312 g/mol. The van der Waals surface area contributed by atoms with Crippen LogP contribution in [-0.2, 0) is 14.4 Å². The number of carbonyl (C=O) groups is 3. The molecule has 6 nitrogen and oxygen atoms in total. The van der Waals surface area contributed by atoms with Gasteiger partial charge in [-0.25, -0.2) is 0 Å². The highest BCUT2D eigenvalue weighted by atomic mass is 16.4. The van der Waals surface area contributed by atoms with Crippen LogP contribution in [0.4, 0.5) is 0 Å². The number of hydrogen-bond donors (Lipinski definition) is 1. The van der Waals surface area contributed by atoms with Gasteiger partial charge < -0.3 is 14.9 Å². The molecule has 1 rings (SSSR count). The van der Waals surface area contributed by atoms with Gasteiger partial charge in [-0.1, -0.05) is 20.8 Å². The zero-order valence-corrected chi connectivity index (χ0v) is 14.0. The SMILES string of the molecule is CC(C)C(C)CC(=O)N(C)CC(=O)N1CCC(C(=O)O)CC1. The van der Waals surface area contributed by atoms with E-state index in [2.05, 4.69) is 13.8 Å². The smallest absolute Gasteiger partial charge is 0.306 e. The molecule has 1 unspecified atom stereocenters. The summed E-state index contributed by atoms with van der Waals surface area (Å²) in [5.74, 6) is -0.538. The Labute approximate surface area is 132 Å². The second-order valence-electron chi connectivity index (χ2n) is 6.67. The predicted octanol–water partition coefficient (Wildman–Crippen LogP) is 1.45. The maximum absolute atomic E-state index is 12.2. The summed E-state index contributed by atoms with van der Waals surface area (Å²) in [5.41, 5.74) is 0. The van der Waals surface area contributed by atoms with Gasteiger partial charge in [0.1, 0.15) is 0 Å². The van der Waals surface area contributed by atoms with E-state index in [0.29, 0.717) is 38.3 Å². The first-order valence-corrected chi connectivity index (χ1v) is 7.97. The molecule has 2 amide bonds. The molecule has 0 radical (unpaired) electrons. The first-order valence-electron chi connectivity index (χ1n) is 7.97. The molecule has 1 saturated heterocycles. The molecule has 1 heterocycles. The summed E-state index contributed by atoms with van der Waals surface area (Å²) in [5, 5.41) is 8.95. The van der Waals surface area contributed by atoms with Crippen LogP contribution in [0.15, 0.2) is 0 Å². The second-order valence-corrected chi connectivity index (χ2v) is 6.67. The molecule has 0 aromatic carbocycles. The van der Waals surface area contributed by atoms with Gasteiger partial charge in [0.25, 0.3) is 0 Å². The number of carboxylic acids is 1. The van der Waals surface area contributed by atoms with Crippen LogP contribution in [0.2, 0.25) is 0 Å². The van der Waals surface area contributed by atoms with Crippen LogP contribution in [0.5, 0.6) is 0 Å². The quantitative estimate of drug-likeness (QED) is 0.805. The number of carbonyl (C=O) groups excluding carboxylic acids is 2. The Morgan fingerprint density at radius 1 is 1.18 bits per heavy atom. The molecule has 0 aliphatic carbocycles. The van der Waals surface area contributed by atoms with E-state index in [1.54, 1.807) is 11.9 Å². The lowest BCUT2D eigenvalue weighted by Crippen LogP contribution is -2.45. The van der Waals surface area contributed by atoms with Crippen LogP contribution in [-0.4, -0.2) is 59.4 Å². The molecule has 0 bridgehead atoms. The summed E-state index contributed by atoms with van der Waals surface area (Å²) >= 11 is 0. The van der Waals surface area contributed by atoms with Crippen molar-refractivity contribution in [2.45, 2.75) is 40.0 Å². The molecule has 1 N–H and O–H groups in total. The van der Waals surface area contributed by atoms with E-state index in [-0.39, 0.29) is 30.2 Å². The first kappa shape index (κ1) is 18.5. The van der Waals surface area contributed by atoms with Gasteiger partial charge in [0, 0.05) is 26.6 Å². The molecular formula is C16H28N2O4. The van der Waals surface area contributed by atoms with Gasteiger partial charge in [0.15, 0.2) is 0 Å². The fourth-order valence-corrected chi connectivity index (χ4v) is 2.43. The van der Waals surface area contributed by atoms with E-state index < -0.39 is 5.97 Å². The number of rotatable bonds is 6. The maximum atomic E-state index is 12.2. The molecular weight excluding hydrogens is 284 g/mol. The van der Waals surface area contributed by atoms with Crippen LogP contribution >= 0.6 is 0 Å². The van der Waals surface area contributed by atoms with Gasteiger partial charge >= 0.3 is 5.97 Å². The minimum Gasteiger partial charge on any atom is -0.481 e. The number of amides is 2. The van der Waals surface area contributed by atoms with E-state index >= 15 is 0 Å². The fraction of sp³-hybridized carbons (Fsp3) is 0.812. The molecule has 0 aromatic heterocycles. The number of hydrogen-bond acceptors (Lipinski definition) is 3. The maximum Gasteiger partial charge on any atom is 0.306 e. The van der Waals surface area contributed by atoms with Crippen molar-refractivity contribution in [2.24, 2.45) is 17.8 Å². The second kappa shape index (κ2) is 8.15. The minimum atomic E-state index is -0.790. The molecule has 1 aliphatic rings. The van der Waals surface area contributed by atoms with Gasteiger partial charge in [-0.2, -0.15) is 0 Å². The molecule has 22 heavy (non-hydrogen) atoms. The Bertz CT molecular complexity index is 414. The standard InChI is InChI=1S/C16H28N2O4/c1-11(2)12(3)9-14(19)17(4)10-15(20)18-7-5-13(6-8-18)16(21)22/h11-13H,5-10H2,1-4H3,(H,21,22). The minimum absolute atomic E-state index is 0.0185. The fourth-order valence-electron chi connectivity index (χ4n) is 2.43. The summed E-state index contributed by atoms with van der Waals surface area (Å²) in [6.07, 6.45) is 1.43. The monoisotopic (exact) mass is 312 g/mol. The van der Waals surface area contributed by atoms with Crippen LogP contribution < -0.4 is 0 Å². The highest BCUT2D eigenvalue weighted by Gasteiger charge is 2.28. The van der Waals surface area contributed by atoms with Crippen LogP contribution in [0.25, 0.3) is 0 Å². The topological polar surface area (TPSA) is 77.9 Å². The lowest BCUT2D eigenvalue weighted by atomic mass is 9.94. The third-order valence-electron chi connectivity index (χ3n) is 4.63. The summed E-state index contributed by atoms with van der Waals surface area (Å²) in [6, 6.07) is 0. The Morgan fingerprint density at radius 3 is 2.18 bits per heavy atom. The van der Waals surface area contributed by atoms with Gasteiger partial charge in [-0.15, -0.1) is 0 Å². The van der Waals surface area contributed by atoms with Gasteiger partial charge in [0.05, 0.1) is 12.5 Å². The van der Waals surface area contributed by atoms with Crippen molar-refractivity contribution in [2.75, 3.05) is 26.7 Å². The zero-order chi connectivity index (χ0) is 16.9. The summed E-state index contributed by atoms with van der Waals surface area (Å²) in [6.45, 7) is 7.18. The highest BCUT2D eigenvalue weighted by molar-refractivity contribution is 5.85. The van der Waals surface area contributed by atoms with Crippen molar-refractivity contribution in [3.63, 3.8) is 0 Å². The van der Waals surface area contributed by atoms with E-state index in [9.17, 15) is 14.4 Å². The number of piperidine rings is 1. The number of carboxylic acid groups (broad SMARTS) is 1. The molecule has 1 aliphatic heterocycles. The van der Waals surface area contributed by atoms with Crippen LogP contribution in [0, 0.1) is 17.8 Å². The van der Waals surface area contributed by atoms with Crippen molar-refractivity contribution >= 4 is 17.8 Å². The Balaban J connectivity index is 2.41.